The molecule has 0 aromatic heterocycles. The number of hydrogen-bond acceptors (Lipinski definition) is 8. The van der Waals surface area contributed by atoms with Gasteiger partial charge in [-0.1, -0.05) is 6.07 Å². The second-order valence-corrected chi connectivity index (χ2v) is 8.56. The molecule has 2 aliphatic heterocycles. The molecular weight excluding hydrogens is 428 g/mol. The molecule has 0 fully saturated rings. The van der Waals surface area contributed by atoms with E-state index in [0.29, 0.717) is 50.8 Å². The van der Waals surface area contributed by atoms with Gasteiger partial charge in [0.15, 0.2) is 23.0 Å². The first-order valence-corrected chi connectivity index (χ1v) is 10.5. The molecule has 3 aromatic rings. The van der Waals surface area contributed by atoms with Crippen molar-refractivity contribution in [2.75, 3.05) is 27.6 Å². The van der Waals surface area contributed by atoms with Crippen LogP contribution in [0.1, 0.15) is 29.8 Å². The summed E-state index contributed by atoms with van der Waals surface area (Å²) in [6, 6.07) is 9.17. The highest BCUT2D eigenvalue weighted by atomic mass is 16.7. The van der Waals surface area contributed by atoms with Crippen molar-refractivity contribution in [1.82, 2.24) is 0 Å². The first-order valence-electron chi connectivity index (χ1n) is 10.5. The van der Waals surface area contributed by atoms with Gasteiger partial charge in [0.1, 0.15) is 19.0 Å². The molecule has 0 atom stereocenters. The van der Waals surface area contributed by atoms with Crippen LogP contribution in [0.25, 0.3) is 21.9 Å². The van der Waals surface area contributed by atoms with Gasteiger partial charge in [0.25, 0.3) is 0 Å². The predicted molar refractivity (Wildman–Crippen MR) is 120 cm³/mol. The van der Waals surface area contributed by atoms with E-state index < -0.39 is 11.6 Å². The number of benzene rings is 3. The molecule has 0 saturated carbocycles. The third kappa shape index (κ3) is 3.56. The second-order valence-electron chi connectivity index (χ2n) is 8.56. The van der Waals surface area contributed by atoms with Crippen molar-refractivity contribution >= 4 is 16.7 Å². The standard InChI is InChI=1S/C25H24O8/c1-25(2,27)11-31-23-15-9-19(29-4)18(28-3)8-14(15)21(22-16(23)10-30-24(22)26)13-5-6-17-20(7-13)33-12-32-17/h5-9,27H,10-12H2,1-4H3. The fourth-order valence-electron chi connectivity index (χ4n) is 4.17. The number of carbonyl (C=O) groups is 1. The maximum Gasteiger partial charge on any atom is 0.339 e. The Morgan fingerprint density at radius 1 is 0.939 bits per heavy atom. The third-order valence-electron chi connectivity index (χ3n) is 5.65. The number of aliphatic hydroxyl groups is 1. The summed E-state index contributed by atoms with van der Waals surface area (Å²) in [5.41, 5.74) is 1.41. The lowest BCUT2D eigenvalue weighted by Gasteiger charge is -2.22. The normalized spacial score (nSPS) is 14.3. The molecule has 172 valence electrons. The smallest absolute Gasteiger partial charge is 0.339 e. The summed E-state index contributed by atoms with van der Waals surface area (Å²) in [4.78, 5) is 12.9. The van der Waals surface area contributed by atoms with Crippen LogP contribution >= 0.6 is 0 Å². The molecule has 5 rings (SSSR count). The highest BCUT2D eigenvalue weighted by Crippen LogP contribution is 2.49. The van der Waals surface area contributed by atoms with Crippen LogP contribution in [-0.2, 0) is 11.3 Å². The highest BCUT2D eigenvalue weighted by Gasteiger charge is 2.34. The van der Waals surface area contributed by atoms with E-state index >= 15 is 0 Å². The summed E-state index contributed by atoms with van der Waals surface area (Å²) in [5, 5.41) is 11.7. The van der Waals surface area contributed by atoms with E-state index in [1.54, 1.807) is 28.1 Å². The Morgan fingerprint density at radius 2 is 1.64 bits per heavy atom. The van der Waals surface area contributed by atoms with Gasteiger partial charge in [0.2, 0.25) is 6.79 Å². The van der Waals surface area contributed by atoms with Gasteiger partial charge < -0.3 is 33.5 Å². The molecule has 1 N–H and O–H groups in total. The van der Waals surface area contributed by atoms with Crippen molar-refractivity contribution in [2.24, 2.45) is 0 Å². The molecule has 0 amide bonds. The summed E-state index contributed by atoms with van der Waals surface area (Å²) < 4.78 is 33.6. The van der Waals surface area contributed by atoms with Crippen LogP contribution in [-0.4, -0.2) is 44.3 Å². The van der Waals surface area contributed by atoms with Crippen LogP contribution in [0, 0.1) is 0 Å². The number of fused-ring (bicyclic) bond motifs is 3. The van der Waals surface area contributed by atoms with E-state index in [1.165, 1.54) is 0 Å². The van der Waals surface area contributed by atoms with Crippen molar-refractivity contribution in [3.05, 3.63) is 41.5 Å². The number of cyclic esters (lactones) is 1. The number of methoxy groups -OCH3 is 2. The van der Waals surface area contributed by atoms with Gasteiger partial charge in [-0.25, -0.2) is 4.79 Å². The van der Waals surface area contributed by atoms with Gasteiger partial charge in [-0.05, 0) is 49.1 Å². The third-order valence-corrected chi connectivity index (χ3v) is 5.65. The number of rotatable bonds is 6. The molecular formula is C25H24O8. The van der Waals surface area contributed by atoms with Gasteiger partial charge in [-0.2, -0.15) is 0 Å². The van der Waals surface area contributed by atoms with Gasteiger partial charge >= 0.3 is 5.97 Å². The Kier molecular flexibility index (Phi) is 4.97. The van der Waals surface area contributed by atoms with E-state index in [1.807, 2.05) is 30.3 Å². The lowest BCUT2D eigenvalue weighted by molar-refractivity contribution is 0.0281. The monoisotopic (exact) mass is 452 g/mol. The summed E-state index contributed by atoms with van der Waals surface area (Å²) in [7, 11) is 3.11. The van der Waals surface area contributed by atoms with E-state index in [4.69, 9.17) is 28.4 Å². The minimum atomic E-state index is -1.07. The number of esters is 1. The number of carbonyl (C=O) groups excluding carboxylic acids is 1. The van der Waals surface area contributed by atoms with E-state index in [2.05, 4.69) is 0 Å². The fourth-order valence-corrected chi connectivity index (χ4v) is 4.17. The van der Waals surface area contributed by atoms with Crippen molar-refractivity contribution in [2.45, 2.75) is 26.1 Å². The van der Waals surface area contributed by atoms with Crippen molar-refractivity contribution in [3.8, 4) is 39.9 Å². The molecule has 0 spiro atoms. The zero-order valence-electron chi connectivity index (χ0n) is 18.8. The van der Waals surface area contributed by atoms with Gasteiger partial charge in [0.05, 0.1) is 25.4 Å². The Hall–Kier alpha value is -3.65. The van der Waals surface area contributed by atoms with Crippen molar-refractivity contribution in [3.63, 3.8) is 0 Å². The average Bonchev–Trinajstić information content (AvgIpc) is 3.41. The van der Waals surface area contributed by atoms with Crippen LogP contribution in [0.15, 0.2) is 30.3 Å². The minimum absolute atomic E-state index is 0.0282. The molecule has 8 heteroatoms. The van der Waals surface area contributed by atoms with Gasteiger partial charge in [-0.15, -0.1) is 0 Å². The average molecular weight is 452 g/mol. The van der Waals surface area contributed by atoms with Crippen LogP contribution in [0.5, 0.6) is 28.7 Å². The van der Waals surface area contributed by atoms with Crippen LogP contribution in [0.3, 0.4) is 0 Å². The Bertz CT molecular complexity index is 1270. The summed E-state index contributed by atoms with van der Waals surface area (Å²) in [6.45, 7) is 3.55. The van der Waals surface area contributed by atoms with E-state index in [9.17, 15) is 9.90 Å². The Morgan fingerprint density at radius 3 is 2.33 bits per heavy atom. The maximum atomic E-state index is 12.9. The van der Waals surface area contributed by atoms with Crippen molar-refractivity contribution in [1.29, 1.82) is 0 Å². The van der Waals surface area contributed by atoms with Gasteiger partial charge in [0, 0.05) is 16.5 Å². The minimum Gasteiger partial charge on any atom is -0.493 e. The fraction of sp³-hybridized carbons (Fsp3) is 0.320. The molecule has 2 heterocycles. The van der Waals surface area contributed by atoms with Crippen LogP contribution < -0.4 is 23.7 Å². The Balaban J connectivity index is 1.84. The lowest BCUT2D eigenvalue weighted by atomic mass is 9.89. The molecule has 0 aliphatic carbocycles. The molecule has 8 nitrogen and oxygen atoms in total. The molecule has 0 bridgehead atoms. The SMILES string of the molecule is COc1cc2c(OCC(C)(C)O)c3c(c(-c4ccc5c(c4)OCO5)c2cc1OC)C(=O)OC3. The summed E-state index contributed by atoms with van der Waals surface area (Å²) >= 11 is 0. The number of hydrogen-bond donors (Lipinski definition) is 1. The molecule has 0 unspecified atom stereocenters. The molecule has 2 aliphatic rings. The van der Waals surface area contributed by atoms with E-state index in [0.717, 1.165) is 10.9 Å². The lowest BCUT2D eigenvalue weighted by Crippen LogP contribution is -2.28. The second kappa shape index (κ2) is 7.74. The molecule has 0 radical (unpaired) electrons. The topological polar surface area (TPSA) is 92.7 Å². The molecule has 3 aromatic carbocycles. The molecule has 33 heavy (non-hydrogen) atoms. The first-order chi connectivity index (χ1) is 15.8. The number of ether oxygens (including phenoxy) is 6. The van der Waals surface area contributed by atoms with E-state index in [-0.39, 0.29) is 20.0 Å². The first kappa shape index (κ1) is 21.2. The Labute approximate surface area is 190 Å². The van der Waals surface area contributed by atoms with Crippen LogP contribution in [0.2, 0.25) is 0 Å². The zero-order chi connectivity index (χ0) is 23.3. The zero-order valence-corrected chi connectivity index (χ0v) is 18.8. The summed E-state index contributed by atoms with van der Waals surface area (Å²) in [6.07, 6.45) is 0. The quantitative estimate of drug-likeness (QED) is 0.560. The van der Waals surface area contributed by atoms with Gasteiger partial charge in [-0.3, -0.25) is 0 Å². The largest absolute Gasteiger partial charge is 0.493 e. The predicted octanol–water partition coefficient (Wildman–Crippen LogP) is 4.07. The molecule has 0 saturated heterocycles. The highest BCUT2D eigenvalue weighted by molar-refractivity contribution is 6.14. The summed E-state index contributed by atoms with van der Waals surface area (Å²) in [5.74, 6) is 2.29. The maximum absolute atomic E-state index is 12.9. The van der Waals surface area contributed by atoms with Crippen molar-refractivity contribution < 1.29 is 38.3 Å². The van der Waals surface area contributed by atoms with Crippen LogP contribution in [0.4, 0.5) is 0 Å².